The molecule has 12 nitrogen and oxygen atoms in total. The zero-order chi connectivity index (χ0) is 50.5. The zero-order valence-corrected chi connectivity index (χ0v) is 36.1. The molecule has 0 bridgehead atoms. The number of rotatable bonds is 13. The Balaban J connectivity index is 0.000000407. The Morgan fingerprint density at radius 2 is 1.18 bits per heavy atom. The number of fused-ring (bicyclic) bond motifs is 1. The molecule has 1 saturated heterocycles. The fourth-order valence-corrected chi connectivity index (χ4v) is 6.78. The number of piperazine rings is 1. The van der Waals surface area contributed by atoms with E-state index in [-0.39, 0.29) is 23.9 Å². The first-order chi connectivity index (χ1) is 31.1. The number of hydrogen-bond acceptors (Lipinski definition) is 10. The predicted octanol–water partition coefficient (Wildman–Crippen LogP) is 6.20. The molecule has 2 aliphatic heterocycles. The third-order valence-corrected chi connectivity index (χ3v) is 10.5. The molecule has 2 aliphatic rings. The van der Waals surface area contributed by atoms with Crippen LogP contribution in [0.3, 0.4) is 0 Å². The number of nitrogens with zero attached hydrogens (tertiary/aromatic N) is 4. The molecule has 0 aliphatic carbocycles. The first kappa shape index (κ1) is 55.9. The third-order valence-electron chi connectivity index (χ3n) is 10.2. The van der Waals surface area contributed by atoms with E-state index in [1.807, 2.05) is 59.6 Å². The van der Waals surface area contributed by atoms with Gasteiger partial charge in [0.15, 0.2) is 0 Å². The van der Waals surface area contributed by atoms with Crippen molar-refractivity contribution >= 4 is 46.5 Å². The van der Waals surface area contributed by atoms with Gasteiger partial charge in [-0.25, -0.2) is 0 Å². The minimum absolute atomic E-state index is 0.0442. The van der Waals surface area contributed by atoms with Crippen LogP contribution < -0.4 is 10.6 Å². The predicted molar refractivity (Wildman–Crippen MR) is 215 cm³/mol. The Kier molecular flexibility index (Phi) is 20.0. The quantitative estimate of drug-likeness (QED) is 0.150. The highest BCUT2D eigenvalue weighted by Crippen LogP contribution is 2.26. The number of hydrogen-bond donors (Lipinski definition) is 2. The van der Waals surface area contributed by atoms with Crippen molar-refractivity contribution in [2.75, 3.05) is 45.8 Å². The molecule has 1 fully saturated rings. The van der Waals surface area contributed by atoms with Gasteiger partial charge in [-0.15, -0.1) is 0 Å². The topological polar surface area (TPSA) is 149 Å². The maximum Gasteiger partial charge on any atom is 0.458 e. The molecule has 0 radical (unpaired) electrons. The SMILES string of the molecule is CCN(CC)CC(c1ccccn1)N1CCN(C(=O)[C@@H](Cc2ccc(Cl)cc2)NC(=O)[C@H]2Cc3ccccc3CN2)CC1.O=C(C(=O)C(F)(F)F)C(F)(F)F.O=C(C(=O)C(F)(F)F)C(F)(F)F. The summed E-state index contributed by atoms with van der Waals surface area (Å²) in [6, 6.07) is 20.9. The van der Waals surface area contributed by atoms with E-state index in [1.54, 1.807) is 0 Å². The van der Waals surface area contributed by atoms with E-state index in [0.717, 1.165) is 44.0 Å². The number of benzene rings is 2. The van der Waals surface area contributed by atoms with Crippen LogP contribution in [0, 0.1) is 0 Å². The average molecular weight is 991 g/mol. The van der Waals surface area contributed by atoms with E-state index in [1.165, 1.54) is 11.1 Å². The van der Waals surface area contributed by atoms with E-state index in [4.69, 9.17) is 16.6 Å². The largest absolute Gasteiger partial charge is 0.458 e. The number of likely N-dealkylation sites (N-methyl/N-ethyl adjacent to an activating group) is 1. The summed E-state index contributed by atoms with van der Waals surface area (Å²) in [5.41, 5.74) is 4.40. The summed E-state index contributed by atoms with van der Waals surface area (Å²) in [7, 11) is 0. The van der Waals surface area contributed by atoms with Crippen LogP contribution >= 0.6 is 11.6 Å². The van der Waals surface area contributed by atoms with Crippen molar-refractivity contribution in [1.29, 1.82) is 0 Å². The van der Waals surface area contributed by atoms with Gasteiger partial charge < -0.3 is 20.4 Å². The molecule has 0 spiro atoms. The zero-order valence-electron chi connectivity index (χ0n) is 35.4. The summed E-state index contributed by atoms with van der Waals surface area (Å²) < 4.78 is 134. The van der Waals surface area contributed by atoms with Gasteiger partial charge >= 0.3 is 47.8 Å². The van der Waals surface area contributed by atoms with Crippen LogP contribution in [-0.2, 0) is 48.2 Å². The molecule has 3 aromatic rings. The first-order valence-electron chi connectivity index (χ1n) is 20.0. The molecule has 3 atom stereocenters. The molecular formula is C42H43ClF12N6O6. The van der Waals surface area contributed by atoms with Crippen LogP contribution in [0.4, 0.5) is 52.7 Å². The van der Waals surface area contributed by atoms with E-state index < -0.39 is 53.9 Å². The summed E-state index contributed by atoms with van der Waals surface area (Å²) >= 11 is 6.13. The number of alkyl halides is 12. The van der Waals surface area contributed by atoms with Crippen molar-refractivity contribution < 1.29 is 81.5 Å². The summed E-state index contributed by atoms with van der Waals surface area (Å²) in [5.74, 6) is -13.8. The molecule has 1 unspecified atom stereocenters. The van der Waals surface area contributed by atoms with Gasteiger partial charge in [-0.2, -0.15) is 52.7 Å². The molecule has 0 saturated carbocycles. The van der Waals surface area contributed by atoms with Gasteiger partial charge in [-0.1, -0.05) is 67.9 Å². The Morgan fingerprint density at radius 3 is 1.63 bits per heavy atom. The normalized spacial score (nSPS) is 16.5. The molecule has 2 N–H and O–H groups in total. The maximum atomic E-state index is 14.0. The van der Waals surface area contributed by atoms with Crippen molar-refractivity contribution in [3.05, 3.63) is 100 Å². The Bertz CT molecular complexity index is 2070. The second kappa shape index (κ2) is 24.0. The number of aromatic nitrogens is 1. The second-order valence-electron chi connectivity index (χ2n) is 14.7. The smallest absolute Gasteiger partial charge is 0.343 e. The van der Waals surface area contributed by atoms with Gasteiger partial charge in [0.25, 0.3) is 0 Å². The molecular weight excluding hydrogens is 948 g/mol. The van der Waals surface area contributed by atoms with Gasteiger partial charge in [-0.05, 0) is 60.5 Å². The van der Waals surface area contributed by atoms with Gasteiger partial charge in [0.1, 0.15) is 6.04 Å². The highest BCUT2D eigenvalue weighted by Gasteiger charge is 2.55. The van der Waals surface area contributed by atoms with Crippen LogP contribution in [0.15, 0.2) is 72.9 Å². The van der Waals surface area contributed by atoms with Crippen molar-refractivity contribution in [3.63, 3.8) is 0 Å². The molecule has 3 heterocycles. The fourth-order valence-electron chi connectivity index (χ4n) is 6.65. The average Bonchev–Trinajstić information content (AvgIpc) is 3.28. The summed E-state index contributed by atoms with van der Waals surface area (Å²) in [6.45, 7) is 10.6. The van der Waals surface area contributed by atoms with Gasteiger partial charge in [0.05, 0.1) is 17.8 Å². The lowest BCUT2D eigenvalue weighted by Gasteiger charge is -2.41. The highest BCUT2D eigenvalue weighted by molar-refractivity contribution is 6.41. The molecule has 1 aromatic heterocycles. The first-order valence-corrected chi connectivity index (χ1v) is 20.4. The van der Waals surface area contributed by atoms with Crippen LogP contribution in [-0.4, -0.2) is 137 Å². The molecule has 67 heavy (non-hydrogen) atoms. The Labute approximate surface area is 380 Å². The van der Waals surface area contributed by atoms with Gasteiger partial charge in [0.2, 0.25) is 11.8 Å². The highest BCUT2D eigenvalue weighted by atomic mass is 35.5. The molecule has 368 valence electrons. The summed E-state index contributed by atoms with van der Waals surface area (Å²) in [4.78, 5) is 77.5. The number of halogens is 13. The molecule has 5 rings (SSSR count). The van der Waals surface area contributed by atoms with Crippen LogP contribution in [0.2, 0.25) is 5.02 Å². The van der Waals surface area contributed by atoms with E-state index in [0.29, 0.717) is 37.5 Å². The number of pyridine rings is 1. The maximum absolute atomic E-state index is 14.0. The lowest BCUT2D eigenvalue weighted by Crippen LogP contribution is -2.58. The van der Waals surface area contributed by atoms with Crippen LogP contribution in [0.25, 0.3) is 0 Å². The van der Waals surface area contributed by atoms with E-state index in [2.05, 4.69) is 52.5 Å². The number of Topliss-reactive ketones (excluding diaryl/α,β-unsaturated/α-hetero) is 4. The minimum Gasteiger partial charge on any atom is -0.343 e. The van der Waals surface area contributed by atoms with Crippen molar-refractivity contribution in [2.45, 2.75) is 76.1 Å². The lowest BCUT2D eigenvalue weighted by atomic mass is 9.95. The number of carbonyl (C=O) groups excluding carboxylic acids is 6. The second-order valence-corrected chi connectivity index (χ2v) is 15.2. The summed E-state index contributed by atoms with van der Waals surface area (Å²) in [6.07, 6.45) is -20.2. The van der Waals surface area contributed by atoms with Crippen molar-refractivity contribution in [3.8, 4) is 0 Å². The minimum atomic E-state index is -5.77. The van der Waals surface area contributed by atoms with Gasteiger partial charge in [0, 0.05) is 56.9 Å². The van der Waals surface area contributed by atoms with E-state index in [9.17, 15) is 81.5 Å². The molecule has 2 aromatic carbocycles. The van der Waals surface area contributed by atoms with Crippen LogP contribution in [0.5, 0.6) is 0 Å². The number of nitrogens with one attached hydrogen (secondary N) is 2. The monoisotopic (exact) mass is 990 g/mol. The molecule has 2 amide bonds. The van der Waals surface area contributed by atoms with Crippen LogP contribution in [0.1, 0.15) is 42.3 Å². The number of carbonyl (C=O) groups is 6. The van der Waals surface area contributed by atoms with Crippen molar-refractivity contribution in [1.82, 2.24) is 30.3 Å². The number of ketones is 4. The van der Waals surface area contributed by atoms with Gasteiger partial charge in [-0.3, -0.25) is 38.7 Å². The standard InChI is InChI=1S/C34H43ClN6O2.2C4F6O2/c1-3-39(4-2)24-32(29-11-7-8-16-36-29)40-17-19-41(20-18-40)34(43)31(21-25-12-14-28(35)15-13-25)38-33(42)30-22-26-9-5-6-10-27(26)23-37-30;2*5-3(6,7)1(11)2(12)4(8,9)10/h5-16,30-32,37H,3-4,17-24H2,1-2H3,(H,38,42);;/t30-,31-,32?;;/m1../s1. The Hall–Kier alpha value is -5.46. The molecule has 25 heteroatoms. The Morgan fingerprint density at radius 1 is 0.701 bits per heavy atom. The van der Waals surface area contributed by atoms with Crippen molar-refractivity contribution in [2.24, 2.45) is 0 Å². The third kappa shape index (κ3) is 17.0. The summed E-state index contributed by atoms with van der Waals surface area (Å²) in [5, 5.41) is 7.12. The lowest BCUT2D eigenvalue weighted by molar-refractivity contribution is -0.193. The number of amides is 2. The van der Waals surface area contributed by atoms with E-state index >= 15 is 0 Å². The fraction of sp³-hybridized carbons (Fsp3) is 0.452.